The van der Waals surface area contributed by atoms with Gasteiger partial charge in [0, 0.05) is 17.3 Å². The van der Waals surface area contributed by atoms with E-state index in [0.29, 0.717) is 0 Å². The van der Waals surface area contributed by atoms with Crippen molar-refractivity contribution in [2.24, 2.45) is 0 Å². The molecular weight excluding hydrogens is 410 g/mol. The Morgan fingerprint density at radius 3 is 1.62 bits per heavy atom. The molecule has 158 valence electrons. The molecule has 0 radical (unpaired) electrons. The molecule has 0 bridgehead atoms. The van der Waals surface area contributed by atoms with Gasteiger partial charge in [0.15, 0.2) is 0 Å². The normalized spacial score (nSPS) is 11.5. The molecule has 1 heterocycles. The van der Waals surface area contributed by atoms with Gasteiger partial charge in [0.05, 0.1) is 5.69 Å². The second-order valence-electron chi connectivity index (χ2n) is 8.81. The van der Waals surface area contributed by atoms with Crippen LogP contribution in [0.1, 0.15) is 0 Å². The summed E-state index contributed by atoms with van der Waals surface area (Å²) >= 11 is 0. The molecule has 0 spiro atoms. The lowest BCUT2D eigenvalue weighted by Gasteiger charge is -2.12. The Labute approximate surface area is 197 Å². The van der Waals surface area contributed by atoms with Crippen LogP contribution in [-0.4, -0.2) is 4.98 Å². The van der Waals surface area contributed by atoms with Crippen LogP contribution in [0.15, 0.2) is 128 Å². The van der Waals surface area contributed by atoms with Gasteiger partial charge in [0.1, 0.15) is 0 Å². The Hall–Kier alpha value is -4.49. The Morgan fingerprint density at radius 2 is 0.941 bits per heavy atom. The molecule has 1 heteroatoms. The van der Waals surface area contributed by atoms with Crippen LogP contribution in [0.2, 0.25) is 0 Å². The van der Waals surface area contributed by atoms with Crippen LogP contribution in [0.25, 0.3) is 65.5 Å². The topological polar surface area (TPSA) is 12.9 Å². The molecule has 0 unspecified atom stereocenters. The van der Waals surface area contributed by atoms with E-state index in [4.69, 9.17) is 4.98 Å². The minimum atomic E-state index is 0.989. The average Bonchev–Trinajstić information content (AvgIpc) is 2.93. The highest BCUT2D eigenvalue weighted by Gasteiger charge is 2.10. The number of fused-ring (bicyclic) bond motifs is 7. The van der Waals surface area contributed by atoms with Gasteiger partial charge in [-0.25, -0.2) is 0 Å². The summed E-state index contributed by atoms with van der Waals surface area (Å²) in [5.41, 5.74) is 4.48. The summed E-state index contributed by atoms with van der Waals surface area (Å²) < 4.78 is 0. The van der Waals surface area contributed by atoms with Crippen molar-refractivity contribution < 1.29 is 0 Å². The molecule has 0 fully saturated rings. The molecule has 6 aromatic carbocycles. The average molecular weight is 432 g/mol. The lowest BCUT2D eigenvalue weighted by atomic mass is 9.92. The maximum atomic E-state index is 4.88. The quantitative estimate of drug-likeness (QED) is 0.249. The van der Waals surface area contributed by atoms with Crippen LogP contribution in [-0.2, 0) is 0 Å². The number of hydrogen-bond donors (Lipinski definition) is 0. The number of pyridine rings is 1. The Balaban J connectivity index is 1.39. The van der Waals surface area contributed by atoms with Gasteiger partial charge in [-0.3, -0.25) is 4.98 Å². The summed E-state index contributed by atoms with van der Waals surface area (Å²) in [5.74, 6) is 0. The van der Waals surface area contributed by atoms with Gasteiger partial charge in [-0.05, 0) is 60.8 Å². The summed E-state index contributed by atoms with van der Waals surface area (Å²) in [5, 5.41) is 10.2. The predicted octanol–water partition coefficient (Wildman–Crippen LogP) is 9.03. The van der Waals surface area contributed by atoms with Gasteiger partial charge in [-0.2, -0.15) is 0 Å². The predicted molar refractivity (Wildman–Crippen MR) is 145 cm³/mol. The summed E-state index contributed by atoms with van der Waals surface area (Å²) in [6.45, 7) is 0. The van der Waals surface area contributed by atoms with Gasteiger partial charge in [0.25, 0.3) is 0 Å². The third-order valence-corrected chi connectivity index (χ3v) is 6.90. The van der Waals surface area contributed by atoms with Crippen LogP contribution in [0.4, 0.5) is 0 Å². The van der Waals surface area contributed by atoms with Crippen molar-refractivity contribution in [3.8, 4) is 22.4 Å². The summed E-state index contributed by atoms with van der Waals surface area (Å²) in [4.78, 5) is 4.88. The first-order valence-corrected chi connectivity index (χ1v) is 11.6. The Bertz CT molecular complexity index is 1810. The molecule has 0 aliphatic heterocycles. The molecule has 0 amide bonds. The zero-order chi connectivity index (χ0) is 22.5. The first-order chi connectivity index (χ1) is 16.9. The van der Waals surface area contributed by atoms with E-state index in [1.165, 1.54) is 48.7 Å². The molecule has 0 saturated heterocycles. The standard InChI is InChI=1S/C33H21N/c1-2-10-25-22(8-1)9-7-15-26(25)24-17-19-33(34-21-24)23-16-18-31-29-13-4-3-11-27(29)28-12-5-6-14-30(28)32(31)20-23/h1-21H. The van der Waals surface area contributed by atoms with Gasteiger partial charge >= 0.3 is 0 Å². The molecular formula is C33H21N. The highest BCUT2D eigenvalue weighted by Crippen LogP contribution is 2.37. The van der Waals surface area contributed by atoms with E-state index in [1.807, 2.05) is 6.20 Å². The van der Waals surface area contributed by atoms with Gasteiger partial charge in [-0.15, -0.1) is 0 Å². The molecule has 1 nitrogen and oxygen atoms in total. The van der Waals surface area contributed by atoms with Crippen molar-refractivity contribution in [2.45, 2.75) is 0 Å². The molecule has 0 aliphatic rings. The molecule has 0 saturated carbocycles. The monoisotopic (exact) mass is 431 g/mol. The van der Waals surface area contributed by atoms with Crippen molar-refractivity contribution in [1.29, 1.82) is 0 Å². The maximum Gasteiger partial charge on any atom is 0.0702 e. The summed E-state index contributed by atoms with van der Waals surface area (Å²) in [6, 6.07) is 43.4. The molecule has 7 rings (SSSR count). The van der Waals surface area contributed by atoms with Crippen molar-refractivity contribution in [1.82, 2.24) is 4.98 Å². The molecule has 1 aromatic heterocycles. The third-order valence-electron chi connectivity index (χ3n) is 6.90. The zero-order valence-corrected chi connectivity index (χ0v) is 18.6. The number of nitrogens with zero attached hydrogens (tertiary/aromatic N) is 1. The van der Waals surface area contributed by atoms with E-state index in [2.05, 4.69) is 121 Å². The van der Waals surface area contributed by atoms with Gasteiger partial charge in [-0.1, -0.05) is 109 Å². The molecule has 34 heavy (non-hydrogen) atoms. The van der Waals surface area contributed by atoms with Crippen LogP contribution >= 0.6 is 0 Å². The molecule has 7 aromatic rings. The fourth-order valence-electron chi connectivity index (χ4n) is 5.27. The van der Waals surface area contributed by atoms with E-state index in [9.17, 15) is 0 Å². The number of aromatic nitrogens is 1. The van der Waals surface area contributed by atoms with Crippen molar-refractivity contribution in [3.63, 3.8) is 0 Å². The van der Waals surface area contributed by atoms with E-state index in [-0.39, 0.29) is 0 Å². The van der Waals surface area contributed by atoms with Gasteiger partial charge < -0.3 is 0 Å². The second kappa shape index (κ2) is 7.54. The Morgan fingerprint density at radius 1 is 0.382 bits per heavy atom. The largest absolute Gasteiger partial charge is 0.256 e. The Kier molecular flexibility index (Phi) is 4.22. The van der Waals surface area contributed by atoms with Crippen LogP contribution in [0.3, 0.4) is 0 Å². The fourth-order valence-corrected chi connectivity index (χ4v) is 5.27. The minimum Gasteiger partial charge on any atom is -0.256 e. The van der Waals surface area contributed by atoms with E-state index >= 15 is 0 Å². The number of benzene rings is 6. The van der Waals surface area contributed by atoms with E-state index < -0.39 is 0 Å². The van der Waals surface area contributed by atoms with Crippen LogP contribution < -0.4 is 0 Å². The van der Waals surface area contributed by atoms with Crippen LogP contribution in [0, 0.1) is 0 Å². The number of rotatable bonds is 2. The highest BCUT2D eigenvalue weighted by molar-refractivity contribution is 6.25. The molecule has 0 N–H and O–H groups in total. The van der Waals surface area contributed by atoms with E-state index in [0.717, 1.165) is 16.8 Å². The van der Waals surface area contributed by atoms with Crippen molar-refractivity contribution in [2.75, 3.05) is 0 Å². The van der Waals surface area contributed by atoms with Crippen molar-refractivity contribution >= 4 is 43.1 Å². The van der Waals surface area contributed by atoms with Crippen LogP contribution in [0.5, 0.6) is 0 Å². The summed E-state index contributed by atoms with van der Waals surface area (Å²) in [6.07, 6.45) is 2.00. The molecule has 0 atom stereocenters. The first-order valence-electron chi connectivity index (χ1n) is 11.6. The second-order valence-corrected chi connectivity index (χ2v) is 8.81. The lowest BCUT2D eigenvalue weighted by molar-refractivity contribution is 1.33. The highest BCUT2D eigenvalue weighted by atomic mass is 14.7. The fraction of sp³-hybridized carbons (Fsp3) is 0. The maximum absolute atomic E-state index is 4.88. The molecule has 0 aliphatic carbocycles. The van der Waals surface area contributed by atoms with Gasteiger partial charge in [0.2, 0.25) is 0 Å². The minimum absolute atomic E-state index is 0.989. The summed E-state index contributed by atoms with van der Waals surface area (Å²) in [7, 11) is 0. The lowest BCUT2D eigenvalue weighted by Crippen LogP contribution is -1.88. The smallest absolute Gasteiger partial charge is 0.0702 e. The SMILES string of the molecule is c1ccc2c(-c3ccc(-c4ccc5c6ccccc6c6ccccc6c5c4)nc3)cccc2c1. The number of hydrogen-bond acceptors (Lipinski definition) is 1. The van der Waals surface area contributed by atoms with Crippen molar-refractivity contribution in [3.05, 3.63) is 128 Å². The zero-order valence-electron chi connectivity index (χ0n) is 18.6. The third kappa shape index (κ3) is 2.91. The first kappa shape index (κ1) is 19.0. The van der Waals surface area contributed by atoms with E-state index in [1.54, 1.807) is 0 Å².